The SMILES string of the molecule is Cc1cc(NC(=O)Cn2nc(C)sc2=O)on1. The van der Waals surface area contributed by atoms with Gasteiger partial charge in [0.2, 0.25) is 11.8 Å². The fourth-order valence-corrected chi connectivity index (χ4v) is 1.85. The maximum Gasteiger partial charge on any atom is 0.325 e. The van der Waals surface area contributed by atoms with Crippen molar-refractivity contribution in [1.82, 2.24) is 14.9 Å². The fourth-order valence-electron chi connectivity index (χ4n) is 1.25. The first-order valence-corrected chi connectivity index (χ1v) is 5.64. The van der Waals surface area contributed by atoms with Crippen molar-refractivity contribution in [2.45, 2.75) is 20.4 Å². The van der Waals surface area contributed by atoms with Crippen molar-refractivity contribution in [3.63, 3.8) is 0 Å². The number of carbonyl (C=O) groups is 1. The van der Waals surface area contributed by atoms with Gasteiger partial charge < -0.3 is 4.52 Å². The second kappa shape index (κ2) is 4.50. The van der Waals surface area contributed by atoms with Gasteiger partial charge >= 0.3 is 4.87 Å². The lowest BCUT2D eigenvalue weighted by Crippen LogP contribution is -2.25. The predicted octanol–water partition coefficient (Wildman–Crippen LogP) is 0.548. The van der Waals surface area contributed by atoms with Gasteiger partial charge in [-0.2, -0.15) is 5.10 Å². The predicted molar refractivity (Wildman–Crippen MR) is 61.0 cm³/mol. The molecule has 1 amide bonds. The number of amides is 1. The first kappa shape index (κ1) is 11.5. The summed E-state index contributed by atoms with van der Waals surface area (Å²) in [6.45, 7) is 3.32. The molecule has 17 heavy (non-hydrogen) atoms. The summed E-state index contributed by atoms with van der Waals surface area (Å²) in [5.74, 6) is -0.124. The van der Waals surface area contributed by atoms with E-state index in [1.165, 1.54) is 0 Å². The molecule has 2 aromatic rings. The van der Waals surface area contributed by atoms with Gasteiger partial charge in [-0.25, -0.2) is 4.68 Å². The number of aryl methyl sites for hydroxylation is 2. The Kier molecular flexibility index (Phi) is 3.05. The van der Waals surface area contributed by atoms with Crippen molar-refractivity contribution in [3.8, 4) is 0 Å². The van der Waals surface area contributed by atoms with Crippen LogP contribution < -0.4 is 10.2 Å². The monoisotopic (exact) mass is 254 g/mol. The van der Waals surface area contributed by atoms with E-state index in [2.05, 4.69) is 15.6 Å². The Morgan fingerprint density at radius 3 is 2.88 bits per heavy atom. The average Bonchev–Trinajstić information content (AvgIpc) is 2.74. The van der Waals surface area contributed by atoms with Crippen LogP contribution in [0.1, 0.15) is 10.7 Å². The molecule has 0 fully saturated rings. The molecule has 0 bridgehead atoms. The van der Waals surface area contributed by atoms with Crippen LogP contribution in [0.15, 0.2) is 15.4 Å². The summed E-state index contributed by atoms with van der Waals surface area (Å²) in [6.07, 6.45) is 0. The van der Waals surface area contributed by atoms with Crippen LogP contribution in [0, 0.1) is 13.8 Å². The highest BCUT2D eigenvalue weighted by Gasteiger charge is 2.10. The Balaban J connectivity index is 2.03. The summed E-state index contributed by atoms with van der Waals surface area (Å²) in [4.78, 5) is 22.6. The molecular weight excluding hydrogens is 244 g/mol. The third-order valence-corrected chi connectivity index (χ3v) is 2.65. The molecule has 0 aliphatic carbocycles. The van der Waals surface area contributed by atoms with Crippen molar-refractivity contribution < 1.29 is 9.32 Å². The second-order valence-electron chi connectivity index (χ2n) is 3.43. The first-order valence-electron chi connectivity index (χ1n) is 4.82. The number of anilines is 1. The number of rotatable bonds is 3. The van der Waals surface area contributed by atoms with Gasteiger partial charge in [0.05, 0.1) is 5.69 Å². The Morgan fingerprint density at radius 2 is 2.35 bits per heavy atom. The van der Waals surface area contributed by atoms with E-state index in [1.807, 2.05) is 0 Å². The van der Waals surface area contributed by atoms with E-state index in [0.29, 0.717) is 10.7 Å². The molecule has 2 aromatic heterocycles. The van der Waals surface area contributed by atoms with Crippen LogP contribution in [0.3, 0.4) is 0 Å². The van der Waals surface area contributed by atoms with E-state index in [1.54, 1.807) is 19.9 Å². The first-order chi connectivity index (χ1) is 8.04. The molecule has 90 valence electrons. The van der Waals surface area contributed by atoms with Crippen LogP contribution in [0.25, 0.3) is 0 Å². The molecule has 0 unspecified atom stereocenters. The number of carbonyl (C=O) groups excluding carboxylic acids is 1. The van der Waals surface area contributed by atoms with Gasteiger partial charge in [-0.15, -0.1) is 0 Å². The van der Waals surface area contributed by atoms with Gasteiger partial charge in [-0.1, -0.05) is 16.5 Å². The largest absolute Gasteiger partial charge is 0.338 e. The zero-order valence-electron chi connectivity index (χ0n) is 9.26. The van der Waals surface area contributed by atoms with E-state index in [9.17, 15) is 9.59 Å². The van der Waals surface area contributed by atoms with Gasteiger partial charge in [0.25, 0.3) is 0 Å². The van der Waals surface area contributed by atoms with Crippen LogP contribution in [0.2, 0.25) is 0 Å². The van der Waals surface area contributed by atoms with Crippen molar-refractivity contribution in [2.24, 2.45) is 0 Å². The minimum Gasteiger partial charge on any atom is -0.338 e. The number of nitrogens with one attached hydrogen (secondary N) is 1. The van der Waals surface area contributed by atoms with E-state index < -0.39 is 0 Å². The number of hydrogen-bond donors (Lipinski definition) is 1. The Morgan fingerprint density at radius 1 is 1.59 bits per heavy atom. The molecule has 0 atom stereocenters. The summed E-state index contributed by atoms with van der Waals surface area (Å²) < 4.78 is 5.93. The molecule has 0 saturated carbocycles. The number of nitrogens with zero attached hydrogens (tertiary/aromatic N) is 3. The molecule has 0 aromatic carbocycles. The molecule has 1 N–H and O–H groups in total. The van der Waals surface area contributed by atoms with E-state index >= 15 is 0 Å². The molecule has 2 heterocycles. The number of aromatic nitrogens is 3. The van der Waals surface area contributed by atoms with Crippen molar-refractivity contribution in [2.75, 3.05) is 5.32 Å². The standard InChI is InChI=1S/C9H10N4O3S/c1-5-3-8(16-12-5)10-7(14)4-13-9(15)17-6(2)11-13/h3H,4H2,1-2H3,(H,10,14). The van der Waals surface area contributed by atoms with Gasteiger partial charge in [0.1, 0.15) is 11.6 Å². The summed E-state index contributed by atoms with van der Waals surface area (Å²) in [5.41, 5.74) is 0.668. The third kappa shape index (κ3) is 2.78. The fraction of sp³-hybridized carbons (Fsp3) is 0.333. The molecule has 0 aliphatic rings. The maximum absolute atomic E-state index is 11.6. The minimum atomic E-state index is -0.381. The van der Waals surface area contributed by atoms with Crippen molar-refractivity contribution in [3.05, 3.63) is 26.4 Å². The lowest BCUT2D eigenvalue weighted by Gasteiger charge is -1.99. The molecular formula is C9H10N4O3S. The van der Waals surface area contributed by atoms with Gasteiger partial charge in [-0.05, 0) is 13.8 Å². The van der Waals surface area contributed by atoms with Gasteiger partial charge in [0, 0.05) is 6.07 Å². The van der Waals surface area contributed by atoms with E-state index in [-0.39, 0.29) is 23.2 Å². The normalized spacial score (nSPS) is 10.5. The second-order valence-corrected chi connectivity index (χ2v) is 4.57. The lowest BCUT2D eigenvalue weighted by molar-refractivity contribution is -0.117. The molecule has 0 spiro atoms. The van der Waals surface area contributed by atoms with E-state index in [4.69, 9.17) is 4.52 Å². The highest BCUT2D eigenvalue weighted by Crippen LogP contribution is 2.08. The smallest absolute Gasteiger partial charge is 0.325 e. The van der Waals surface area contributed by atoms with Crippen LogP contribution in [-0.4, -0.2) is 20.8 Å². The van der Waals surface area contributed by atoms with Crippen LogP contribution in [0.5, 0.6) is 0 Å². The zero-order valence-corrected chi connectivity index (χ0v) is 10.1. The Bertz CT molecular complexity index is 597. The number of hydrogen-bond acceptors (Lipinski definition) is 6. The van der Waals surface area contributed by atoms with Crippen molar-refractivity contribution >= 4 is 23.1 Å². The summed E-state index contributed by atoms with van der Waals surface area (Å²) in [5, 5.41) is 10.6. The van der Waals surface area contributed by atoms with Gasteiger partial charge in [0.15, 0.2) is 0 Å². The summed E-state index contributed by atoms with van der Waals surface area (Å²) >= 11 is 1.00. The molecule has 7 nitrogen and oxygen atoms in total. The third-order valence-electron chi connectivity index (χ3n) is 1.89. The average molecular weight is 254 g/mol. The quantitative estimate of drug-likeness (QED) is 0.863. The minimum absolute atomic E-state index is 0.136. The highest BCUT2D eigenvalue weighted by atomic mass is 32.1. The summed E-state index contributed by atoms with van der Waals surface area (Å²) in [6, 6.07) is 1.59. The zero-order chi connectivity index (χ0) is 12.4. The van der Waals surface area contributed by atoms with Gasteiger partial charge in [-0.3, -0.25) is 14.9 Å². The molecule has 2 rings (SSSR count). The molecule has 0 aliphatic heterocycles. The molecule has 0 saturated heterocycles. The van der Waals surface area contributed by atoms with Crippen LogP contribution >= 0.6 is 11.3 Å². The molecule has 0 radical (unpaired) electrons. The topological polar surface area (TPSA) is 90.0 Å². The maximum atomic E-state index is 11.6. The highest BCUT2D eigenvalue weighted by molar-refractivity contribution is 7.08. The Labute approximate surface area is 100 Å². The molecule has 8 heteroatoms. The lowest BCUT2D eigenvalue weighted by atomic mass is 10.4. The van der Waals surface area contributed by atoms with Crippen molar-refractivity contribution in [1.29, 1.82) is 0 Å². The van der Waals surface area contributed by atoms with Crippen LogP contribution in [-0.2, 0) is 11.3 Å². The Hall–Kier alpha value is -1.96. The van der Waals surface area contributed by atoms with E-state index in [0.717, 1.165) is 16.0 Å². The van der Waals surface area contributed by atoms with Crippen LogP contribution in [0.4, 0.5) is 5.88 Å². The summed E-state index contributed by atoms with van der Waals surface area (Å²) in [7, 11) is 0.